The lowest BCUT2D eigenvalue weighted by Gasteiger charge is -2.39. The average Bonchev–Trinajstić information content (AvgIpc) is 3.54. The highest BCUT2D eigenvalue weighted by molar-refractivity contribution is 7.15. The number of thiophene rings is 1. The number of ether oxygens (including phenoxy) is 2. The topological polar surface area (TPSA) is 55.8 Å². The first-order valence-electron chi connectivity index (χ1n) is 13.4. The summed E-state index contributed by atoms with van der Waals surface area (Å²) in [7, 11) is 1.40. The van der Waals surface area contributed by atoms with Crippen LogP contribution in [0.1, 0.15) is 106 Å². The largest absolute Gasteiger partial charge is 0.465 e. The first kappa shape index (κ1) is 26.2. The molecule has 0 atom stereocenters. The molecule has 6 heteroatoms. The molecule has 0 spiro atoms. The second-order valence-corrected chi connectivity index (χ2v) is 12.8. The summed E-state index contributed by atoms with van der Waals surface area (Å²) in [6.45, 7) is 8.47. The molecular formula is C29H41NO4S. The van der Waals surface area contributed by atoms with Crippen LogP contribution in [0.4, 0.5) is 5.69 Å². The number of carbonyl (C=O) groups is 2. The minimum Gasteiger partial charge on any atom is -0.465 e. The molecular weight excluding hydrogens is 458 g/mol. The number of methoxy groups -OCH3 is 1. The van der Waals surface area contributed by atoms with Crippen LogP contribution in [-0.2, 0) is 14.3 Å². The van der Waals surface area contributed by atoms with E-state index in [1.807, 2.05) is 11.0 Å². The fourth-order valence-electron chi connectivity index (χ4n) is 5.22. The van der Waals surface area contributed by atoms with Gasteiger partial charge in [-0.25, -0.2) is 4.79 Å². The van der Waals surface area contributed by atoms with E-state index in [-0.39, 0.29) is 23.3 Å². The number of carbonyl (C=O) groups excluding carboxylic acids is 2. The molecule has 3 saturated carbocycles. The third-order valence-electron chi connectivity index (χ3n) is 7.42. The van der Waals surface area contributed by atoms with Gasteiger partial charge in [0, 0.05) is 17.4 Å². The second kappa shape index (κ2) is 11.0. The fourth-order valence-corrected chi connectivity index (χ4v) is 6.15. The van der Waals surface area contributed by atoms with Crippen LogP contribution in [0, 0.1) is 29.1 Å². The first-order chi connectivity index (χ1) is 16.6. The van der Waals surface area contributed by atoms with Gasteiger partial charge in [-0.1, -0.05) is 18.8 Å². The van der Waals surface area contributed by atoms with Gasteiger partial charge in [-0.15, -0.1) is 11.3 Å². The van der Waals surface area contributed by atoms with Gasteiger partial charge < -0.3 is 14.4 Å². The Morgan fingerprint density at radius 1 is 0.971 bits per heavy atom. The standard InChI is InChI=1S/C29H41NO4S/c1-19-6-8-20(9-7-19)27(31)30(21-10-12-22(13-11-21)34-23-14-15-23)25-18-24(16-17-29(2,3)4)35-26(25)28(32)33-5/h18-23H,6-15H2,1-5H3/t19-,20-,21-,22-. The minimum absolute atomic E-state index is 0.0149. The van der Waals surface area contributed by atoms with E-state index in [9.17, 15) is 9.59 Å². The fraction of sp³-hybridized carbons (Fsp3) is 0.724. The first-order valence-corrected chi connectivity index (χ1v) is 14.2. The lowest BCUT2D eigenvalue weighted by atomic mass is 9.81. The molecule has 192 valence electrons. The predicted molar refractivity (Wildman–Crippen MR) is 141 cm³/mol. The van der Waals surface area contributed by atoms with Gasteiger partial charge in [0.15, 0.2) is 0 Å². The lowest BCUT2D eigenvalue weighted by molar-refractivity contribution is -0.124. The summed E-state index contributed by atoms with van der Waals surface area (Å²) in [4.78, 5) is 30.2. The molecule has 0 bridgehead atoms. The minimum atomic E-state index is -0.394. The number of anilines is 1. The van der Waals surface area contributed by atoms with Crippen LogP contribution in [-0.4, -0.2) is 37.2 Å². The zero-order chi connectivity index (χ0) is 25.2. The van der Waals surface area contributed by atoms with Crippen LogP contribution >= 0.6 is 11.3 Å². The Bertz CT molecular complexity index is 961. The average molecular weight is 500 g/mol. The summed E-state index contributed by atoms with van der Waals surface area (Å²) in [5.41, 5.74) is 0.541. The third kappa shape index (κ3) is 6.89. The molecule has 1 aromatic heterocycles. The van der Waals surface area contributed by atoms with Crippen LogP contribution in [0.5, 0.6) is 0 Å². The highest BCUT2D eigenvalue weighted by atomic mass is 32.1. The van der Waals surface area contributed by atoms with Gasteiger partial charge in [0.05, 0.1) is 29.9 Å². The van der Waals surface area contributed by atoms with E-state index in [4.69, 9.17) is 9.47 Å². The summed E-state index contributed by atoms with van der Waals surface area (Å²) < 4.78 is 11.3. The van der Waals surface area contributed by atoms with E-state index in [0.29, 0.717) is 28.7 Å². The normalized spacial score (nSPS) is 27.0. The molecule has 3 fully saturated rings. The van der Waals surface area contributed by atoms with Crippen molar-refractivity contribution in [3.63, 3.8) is 0 Å². The van der Waals surface area contributed by atoms with Crippen molar-refractivity contribution in [3.8, 4) is 11.8 Å². The molecule has 1 heterocycles. The summed E-state index contributed by atoms with van der Waals surface area (Å²) in [6.07, 6.45) is 10.8. The summed E-state index contributed by atoms with van der Waals surface area (Å²) in [6, 6.07) is 2.02. The van der Waals surface area contributed by atoms with E-state index in [2.05, 4.69) is 39.5 Å². The van der Waals surface area contributed by atoms with E-state index in [1.54, 1.807) is 0 Å². The Labute approximate surface area is 214 Å². The number of hydrogen-bond donors (Lipinski definition) is 0. The Balaban J connectivity index is 1.65. The van der Waals surface area contributed by atoms with E-state index >= 15 is 0 Å². The highest BCUT2D eigenvalue weighted by Gasteiger charge is 2.38. The molecule has 0 aliphatic heterocycles. The van der Waals surface area contributed by atoms with Gasteiger partial charge in [-0.2, -0.15) is 0 Å². The van der Waals surface area contributed by atoms with Gasteiger partial charge in [0.2, 0.25) is 5.91 Å². The number of hydrogen-bond acceptors (Lipinski definition) is 5. The second-order valence-electron chi connectivity index (χ2n) is 11.7. The van der Waals surface area contributed by atoms with Crippen LogP contribution in [0.2, 0.25) is 0 Å². The maximum Gasteiger partial charge on any atom is 0.350 e. The highest BCUT2D eigenvalue weighted by Crippen LogP contribution is 2.40. The van der Waals surface area contributed by atoms with Crippen LogP contribution in [0.3, 0.4) is 0 Å². The SMILES string of the molecule is COC(=O)c1sc(C#CC(C)(C)C)cc1N(C(=O)[C@H]1CC[C@H](C)CC1)[C@H]1CC[C@H](OC2CC2)CC1. The smallest absolute Gasteiger partial charge is 0.350 e. The molecule has 4 rings (SSSR count). The Kier molecular flexibility index (Phi) is 8.28. The van der Waals surface area contributed by atoms with Gasteiger partial charge in [-0.3, -0.25) is 4.79 Å². The van der Waals surface area contributed by atoms with Crippen molar-refractivity contribution in [1.82, 2.24) is 0 Å². The maximum absolute atomic E-state index is 14.1. The Morgan fingerprint density at radius 2 is 1.57 bits per heavy atom. The van der Waals surface area contributed by atoms with Crippen LogP contribution in [0.25, 0.3) is 0 Å². The van der Waals surface area contributed by atoms with Crippen molar-refractivity contribution < 1.29 is 19.1 Å². The van der Waals surface area contributed by atoms with Crippen molar-refractivity contribution >= 4 is 28.9 Å². The van der Waals surface area contributed by atoms with E-state index in [0.717, 1.165) is 56.2 Å². The monoisotopic (exact) mass is 499 g/mol. The van der Waals surface area contributed by atoms with Crippen LogP contribution < -0.4 is 4.90 Å². The maximum atomic E-state index is 14.1. The summed E-state index contributed by atoms with van der Waals surface area (Å²) in [5, 5.41) is 0. The number of esters is 1. The van der Waals surface area contributed by atoms with E-state index in [1.165, 1.54) is 31.3 Å². The van der Waals surface area contributed by atoms with Gasteiger partial charge in [-0.05, 0) is 97.0 Å². The molecule has 3 aliphatic carbocycles. The zero-order valence-electron chi connectivity index (χ0n) is 22.0. The number of nitrogens with zero attached hydrogens (tertiary/aromatic N) is 1. The predicted octanol–water partition coefficient (Wildman–Crippen LogP) is 6.58. The van der Waals surface area contributed by atoms with Crippen LogP contribution in [0.15, 0.2) is 6.07 Å². The molecule has 0 aromatic carbocycles. The van der Waals surface area contributed by atoms with Gasteiger partial charge in [0.25, 0.3) is 0 Å². The number of amides is 1. The molecule has 0 saturated heterocycles. The Morgan fingerprint density at radius 3 is 2.11 bits per heavy atom. The Hall–Kier alpha value is -1.84. The van der Waals surface area contributed by atoms with Gasteiger partial charge in [0.1, 0.15) is 4.88 Å². The summed E-state index contributed by atoms with van der Waals surface area (Å²) >= 11 is 1.34. The molecule has 3 aliphatic rings. The third-order valence-corrected chi connectivity index (χ3v) is 8.44. The lowest BCUT2D eigenvalue weighted by Crippen LogP contribution is -2.47. The zero-order valence-corrected chi connectivity index (χ0v) is 22.8. The van der Waals surface area contributed by atoms with Crippen molar-refractivity contribution in [2.24, 2.45) is 17.3 Å². The van der Waals surface area contributed by atoms with Crippen molar-refractivity contribution in [3.05, 3.63) is 15.8 Å². The summed E-state index contributed by atoms with van der Waals surface area (Å²) in [5.74, 6) is 6.98. The molecule has 0 radical (unpaired) electrons. The van der Waals surface area contributed by atoms with Crippen molar-refractivity contribution in [2.75, 3.05) is 12.0 Å². The molecule has 1 aromatic rings. The molecule has 35 heavy (non-hydrogen) atoms. The quantitative estimate of drug-likeness (QED) is 0.328. The molecule has 0 N–H and O–H groups in total. The molecule has 5 nitrogen and oxygen atoms in total. The number of rotatable bonds is 6. The molecule has 0 unspecified atom stereocenters. The molecule has 1 amide bonds. The van der Waals surface area contributed by atoms with Gasteiger partial charge >= 0.3 is 5.97 Å². The van der Waals surface area contributed by atoms with Crippen molar-refractivity contribution in [2.45, 2.75) is 110 Å². The van der Waals surface area contributed by atoms with Crippen molar-refractivity contribution in [1.29, 1.82) is 0 Å². The van der Waals surface area contributed by atoms with E-state index < -0.39 is 5.97 Å².